The molecule has 4 unspecified atom stereocenters. The third-order valence-corrected chi connectivity index (χ3v) is 11.4. The Kier molecular flexibility index (Phi) is 5.65. The molecule has 0 saturated carbocycles. The molecule has 5 heteroatoms. The maximum absolute atomic E-state index is 6.68. The van der Waals surface area contributed by atoms with Crippen molar-refractivity contribution in [3.05, 3.63) is 145 Å². The van der Waals surface area contributed by atoms with Gasteiger partial charge in [0, 0.05) is 48.1 Å². The van der Waals surface area contributed by atoms with Crippen LogP contribution < -0.4 is 4.74 Å². The van der Waals surface area contributed by atoms with E-state index < -0.39 is 5.60 Å². The van der Waals surface area contributed by atoms with Gasteiger partial charge in [0.1, 0.15) is 11.4 Å². The van der Waals surface area contributed by atoms with Crippen LogP contribution in [0, 0.1) is 5.92 Å². The number of ether oxygens (including phenoxy) is 1. The summed E-state index contributed by atoms with van der Waals surface area (Å²) in [5.74, 6) is 1.72. The minimum Gasteiger partial charge on any atom is -0.466 e. The number of hydrogen-bond donors (Lipinski definition) is 0. The highest BCUT2D eigenvalue weighted by Gasteiger charge is 2.46. The molecule has 2 aliphatic carbocycles. The molecule has 1 aliphatic heterocycles. The molecular formula is C42H31N3OS. The third kappa shape index (κ3) is 3.87. The monoisotopic (exact) mass is 625 g/mol. The Morgan fingerprint density at radius 2 is 1.57 bits per heavy atom. The molecule has 10 rings (SSSR count). The molecular weight excluding hydrogens is 595 g/mol. The zero-order valence-corrected chi connectivity index (χ0v) is 26.9. The summed E-state index contributed by atoms with van der Waals surface area (Å²) < 4.78 is 11.7. The molecule has 0 spiro atoms. The Balaban J connectivity index is 1.19. The summed E-state index contributed by atoms with van der Waals surface area (Å²) in [5.41, 5.74) is 6.18. The van der Waals surface area contributed by atoms with Crippen LogP contribution in [-0.2, 0) is 0 Å². The van der Waals surface area contributed by atoms with Crippen LogP contribution in [0.5, 0.6) is 5.88 Å². The zero-order chi connectivity index (χ0) is 31.3. The second kappa shape index (κ2) is 9.87. The van der Waals surface area contributed by atoms with Crippen LogP contribution in [0.1, 0.15) is 37.1 Å². The van der Waals surface area contributed by atoms with E-state index in [1.54, 1.807) is 0 Å². The summed E-state index contributed by atoms with van der Waals surface area (Å²) in [6.07, 6.45) is 15.5. The Hall–Kier alpha value is -5.26. The third-order valence-electron chi connectivity index (χ3n) is 10.3. The lowest BCUT2D eigenvalue weighted by atomic mass is 9.81. The average Bonchev–Trinajstić information content (AvgIpc) is 3.75. The van der Waals surface area contributed by atoms with E-state index in [9.17, 15) is 0 Å². The topological polar surface area (TPSA) is 39.9 Å². The number of benzene rings is 4. The van der Waals surface area contributed by atoms with Gasteiger partial charge in [-0.1, -0.05) is 98.0 Å². The lowest BCUT2D eigenvalue weighted by Crippen LogP contribution is -2.32. The molecule has 0 radical (unpaired) electrons. The van der Waals surface area contributed by atoms with Gasteiger partial charge in [-0.15, -0.1) is 11.3 Å². The van der Waals surface area contributed by atoms with Crippen LogP contribution >= 0.6 is 11.3 Å². The normalized spacial score (nSPS) is 23.0. The Morgan fingerprint density at radius 1 is 0.766 bits per heavy atom. The minimum atomic E-state index is -0.479. The van der Waals surface area contributed by atoms with E-state index >= 15 is 0 Å². The van der Waals surface area contributed by atoms with Gasteiger partial charge in [-0.25, -0.2) is 4.98 Å². The van der Waals surface area contributed by atoms with Gasteiger partial charge >= 0.3 is 0 Å². The van der Waals surface area contributed by atoms with E-state index in [0.29, 0.717) is 5.88 Å². The lowest BCUT2D eigenvalue weighted by molar-refractivity contribution is 0.149. The van der Waals surface area contributed by atoms with Crippen molar-refractivity contribution in [3.63, 3.8) is 0 Å². The summed E-state index contributed by atoms with van der Waals surface area (Å²) in [6, 6.07) is 32.7. The maximum atomic E-state index is 6.68. The highest BCUT2D eigenvalue weighted by atomic mass is 32.1. The highest BCUT2D eigenvalue weighted by Crippen LogP contribution is 2.51. The van der Waals surface area contributed by atoms with Gasteiger partial charge in [-0.3, -0.25) is 0 Å². The van der Waals surface area contributed by atoms with Crippen LogP contribution in [0.15, 0.2) is 134 Å². The molecule has 47 heavy (non-hydrogen) atoms. The van der Waals surface area contributed by atoms with E-state index in [1.165, 1.54) is 42.0 Å². The SMILES string of the molecule is CC1C=CC(n2c3ccccc3c3c4c(ccc32)sc2ccccc24)=CC1c1nc2c(c(-c3ccccc3)n1)C1C=CC=CC1(C)O2. The maximum Gasteiger partial charge on any atom is 0.222 e. The van der Waals surface area contributed by atoms with Crippen molar-refractivity contribution in [2.45, 2.75) is 31.3 Å². The summed E-state index contributed by atoms with van der Waals surface area (Å²) >= 11 is 1.87. The van der Waals surface area contributed by atoms with Crippen molar-refractivity contribution in [1.29, 1.82) is 0 Å². The second-order valence-electron chi connectivity index (χ2n) is 13.1. The van der Waals surface area contributed by atoms with Crippen molar-refractivity contribution >= 4 is 59.0 Å². The number of fused-ring (bicyclic) bond motifs is 10. The zero-order valence-electron chi connectivity index (χ0n) is 26.1. The number of allylic oxidation sites excluding steroid dienone is 6. The number of hydrogen-bond acceptors (Lipinski definition) is 4. The molecule has 3 aliphatic rings. The highest BCUT2D eigenvalue weighted by molar-refractivity contribution is 7.26. The molecule has 4 atom stereocenters. The quantitative estimate of drug-likeness (QED) is 0.196. The van der Waals surface area contributed by atoms with E-state index in [2.05, 4.69) is 152 Å². The van der Waals surface area contributed by atoms with E-state index in [1.807, 2.05) is 11.3 Å². The van der Waals surface area contributed by atoms with Gasteiger partial charge in [-0.05, 0) is 55.3 Å². The van der Waals surface area contributed by atoms with Crippen LogP contribution in [-0.4, -0.2) is 20.1 Å². The predicted octanol–water partition coefficient (Wildman–Crippen LogP) is 10.8. The molecule has 3 aromatic heterocycles. The van der Waals surface area contributed by atoms with E-state index in [0.717, 1.165) is 28.3 Å². The Bertz CT molecular complexity index is 2550. The Morgan fingerprint density at radius 3 is 2.47 bits per heavy atom. The number of nitrogens with zero attached hydrogens (tertiary/aromatic N) is 3. The van der Waals surface area contributed by atoms with Gasteiger partial charge in [0.25, 0.3) is 0 Å². The fraction of sp³-hybridized carbons (Fsp3) is 0.143. The summed E-state index contributed by atoms with van der Waals surface area (Å²) in [5, 5.41) is 5.24. The van der Waals surface area contributed by atoms with Gasteiger partial charge < -0.3 is 9.30 Å². The van der Waals surface area contributed by atoms with Crippen LogP contribution in [0.25, 0.3) is 58.9 Å². The largest absolute Gasteiger partial charge is 0.466 e. The molecule has 0 saturated heterocycles. The molecule has 7 aromatic rings. The van der Waals surface area contributed by atoms with E-state index in [-0.39, 0.29) is 17.8 Å². The van der Waals surface area contributed by atoms with Crippen molar-refractivity contribution in [3.8, 4) is 17.1 Å². The fourth-order valence-corrected chi connectivity index (χ4v) is 9.08. The first kappa shape index (κ1) is 26.9. The molecule has 4 aromatic carbocycles. The summed E-state index contributed by atoms with van der Waals surface area (Å²) in [7, 11) is 0. The molecule has 0 N–H and O–H groups in total. The summed E-state index contributed by atoms with van der Waals surface area (Å²) in [4.78, 5) is 10.6. The van der Waals surface area contributed by atoms with Gasteiger partial charge in [0.15, 0.2) is 0 Å². The number of aromatic nitrogens is 3. The standard InChI is InChI=1S/C42H31N3OS/c1-25-19-20-27(45-32-17-8-6-14-28(32)36-33(45)21-22-35-37(36)29-15-7-9-18-34(29)47-35)24-30(25)40-43-39(26-12-4-3-5-13-26)38-31-16-10-11-23-42(31,2)46-41(38)44-40/h3-25,30-31H,1-2H3. The van der Waals surface area contributed by atoms with Crippen molar-refractivity contribution < 1.29 is 4.74 Å². The van der Waals surface area contributed by atoms with Crippen molar-refractivity contribution in [1.82, 2.24) is 14.5 Å². The van der Waals surface area contributed by atoms with Crippen LogP contribution in [0.3, 0.4) is 0 Å². The smallest absolute Gasteiger partial charge is 0.222 e. The summed E-state index contributed by atoms with van der Waals surface area (Å²) in [6.45, 7) is 4.40. The molecule has 0 bridgehead atoms. The molecule has 4 nitrogen and oxygen atoms in total. The van der Waals surface area contributed by atoms with Crippen LogP contribution in [0.2, 0.25) is 0 Å². The number of para-hydroxylation sites is 1. The van der Waals surface area contributed by atoms with Crippen molar-refractivity contribution in [2.24, 2.45) is 5.92 Å². The molecule has 226 valence electrons. The lowest BCUT2D eigenvalue weighted by Gasteiger charge is -2.27. The minimum absolute atomic E-state index is 0.0326. The molecule has 0 amide bonds. The first-order valence-corrected chi connectivity index (χ1v) is 17.2. The first-order chi connectivity index (χ1) is 23.1. The molecule has 0 fully saturated rings. The molecule has 4 heterocycles. The second-order valence-corrected chi connectivity index (χ2v) is 14.2. The van der Waals surface area contributed by atoms with Crippen molar-refractivity contribution in [2.75, 3.05) is 0 Å². The van der Waals surface area contributed by atoms with Gasteiger partial charge in [0.2, 0.25) is 5.88 Å². The van der Waals surface area contributed by atoms with E-state index in [4.69, 9.17) is 14.7 Å². The fourth-order valence-electron chi connectivity index (χ4n) is 7.97. The Labute approximate surface area is 276 Å². The van der Waals surface area contributed by atoms with Gasteiger partial charge in [-0.2, -0.15) is 4.98 Å². The van der Waals surface area contributed by atoms with Crippen LogP contribution in [0.4, 0.5) is 0 Å². The first-order valence-electron chi connectivity index (χ1n) is 16.3. The van der Waals surface area contributed by atoms with Gasteiger partial charge in [0.05, 0.1) is 28.2 Å². The average molecular weight is 626 g/mol. The predicted molar refractivity (Wildman–Crippen MR) is 195 cm³/mol. The number of thiophene rings is 1. The number of rotatable bonds is 3.